The molecule has 0 heterocycles. The van der Waals surface area contributed by atoms with Crippen molar-refractivity contribution in [3.8, 4) is 0 Å². The number of aryl methyl sites for hydroxylation is 2. The molecule has 0 aliphatic heterocycles. The van der Waals surface area contributed by atoms with E-state index in [0.29, 0.717) is 0 Å². The lowest BCUT2D eigenvalue weighted by Crippen LogP contribution is -2.05. The SMILES string of the molecule is C/C=C(/CNc1ccc(C)cc1)c1ccccc1C. The first-order valence-corrected chi connectivity index (χ1v) is 6.72. The van der Waals surface area contributed by atoms with Crippen LogP contribution in [0.5, 0.6) is 0 Å². The molecule has 1 N–H and O–H groups in total. The summed E-state index contributed by atoms with van der Waals surface area (Å²) in [6.45, 7) is 7.21. The van der Waals surface area contributed by atoms with E-state index in [9.17, 15) is 0 Å². The molecule has 0 spiro atoms. The molecule has 0 amide bonds. The van der Waals surface area contributed by atoms with Crippen LogP contribution in [0.25, 0.3) is 5.57 Å². The standard InChI is InChI=1S/C18H21N/c1-4-16(18-8-6-5-7-15(18)3)13-19-17-11-9-14(2)10-12-17/h4-12,19H,13H2,1-3H3/b16-4-. The van der Waals surface area contributed by atoms with Crippen LogP contribution in [0.15, 0.2) is 54.6 Å². The Morgan fingerprint density at radius 1 is 1.00 bits per heavy atom. The summed E-state index contributed by atoms with van der Waals surface area (Å²) in [6, 6.07) is 17.0. The van der Waals surface area contributed by atoms with Crippen molar-refractivity contribution < 1.29 is 0 Å². The summed E-state index contributed by atoms with van der Waals surface area (Å²) < 4.78 is 0. The van der Waals surface area contributed by atoms with Gasteiger partial charge in [0.1, 0.15) is 0 Å². The van der Waals surface area contributed by atoms with Crippen LogP contribution in [0.4, 0.5) is 5.69 Å². The fraction of sp³-hybridized carbons (Fsp3) is 0.222. The highest BCUT2D eigenvalue weighted by Gasteiger charge is 2.03. The molecule has 0 aromatic heterocycles. The molecule has 0 aliphatic carbocycles. The quantitative estimate of drug-likeness (QED) is 0.821. The third kappa shape index (κ3) is 3.47. The molecule has 0 atom stereocenters. The van der Waals surface area contributed by atoms with E-state index in [1.807, 2.05) is 0 Å². The zero-order valence-electron chi connectivity index (χ0n) is 11.9. The van der Waals surface area contributed by atoms with Crippen molar-refractivity contribution in [1.29, 1.82) is 0 Å². The van der Waals surface area contributed by atoms with Crippen molar-refractivity contribution in [3.63, 3.8) is 0 Å². The van der Waals surface area contributed by atoms with Gasteiger partial charge >= 0.3 is 0 Å². The van der Waals surface area contributed by atoms with E-state index in [1.165, 1.54) is 28.0 Å². The Hall–Kier alpha value is -2.02. The van der Waals surface area contributed by atoms with Gasteiger partial charge in [-0.1, -0.05) is 48.0 Å². The molecule has 0 unspecified atom stereocenters. The van der Waals surface area contributed by atoms with Crippen molar-refractivity contribution in [2.75, 3.05) is 11.9 Å². The van der Waals surface area contributed by atoms with Gasteiger partial charge in [0.25, 0.3) is 0 Å². The predicted molar refractivity (Wildman–Crippen MR) is 84.5 cm³/mol. The lowest BCUT2D eigenvalue weighted by molar-refractivity contribution is 1.30. The van der Waals surface area contributed by atoms with E-state index in [-0.39, 0.29) is 0 Å². The van der Waals surface area contributed by atoms with Crippen molar-refractivity contribution in [2.45, 2.75) is 20.8 Å². The Kier molecular flexibility index (Phi) is 4.40. The van der Waals surface area contributed by atoms with Gasteiger partial charge in [0.15, 0.2) is 0 Å². The number of benzene rings is 2. The summed E-state index contributed by atoms with van der Waals surface area (Å²) in [4.78, 5) is 0. The highest BCUT2D eigenvalue weighted by atomic mass is 14.9. The number of nitrogens with one attached hydrogen (secondary N) is 1. The monoisotopic (exact) mass is 251 g/mol. The van der Waals surface area contributed by atoms with Gasteiger partial charge in [0.2, 0.25) is 0 Å². The highest BCUT2D eigenvalue weighted by Crippen LogP contribution is 2.19. The molecule has 0 saturated carbocycles. The van der Waals surface area contributed by atoms with Crippen LogP contribution < -0.4 is 5.32 Å². The molecule has 1 nitrogen and oxygen atoms in total. The normalized spacial score (nSPS) is 11.4. The second-order valence-electron chi connectivity index (χ2n) is 4.85. The van der Waals surface area contributed by atoms with Gasteiger partial charge in [-0.15, -0.1) is 0 Å². The topological polar surface area (TPSA) is 12.0 Å². The smallest absolute Gasteiger partial charge is 0.0403 e. The lowest BCUT2D eigenvalue weighted by atomic mass is 10.0. The zero-order chi connectivity index (χ0) is 13.7. The van der Waals surface area contributed by atoms with Crippen LogP contribution in [-0.2, 0) is 0 Å². The summed E-state index contributed by atoms with van der Waals surface area (Å²) in [5.74, 6) is 0. The Balaban J connectivity index is 2.09. The van der Waals surface area contributed by atoms with Gasteiger partial charge in [-0.2, -0.15) is 0 Å². The fourth-order valence-electron chi connectivity index (χ4n) is 2.15. The molecule has 0 saturated heterocycles. The van der Waals surface area contributed by atoms with Crippen LogP contribution >= 0.6 is 0 Å². The Morgan fingerprint density at radius 2 is 1.68 bits per heavy atom. The average molecular weight is 251 g/mol. The minimum absolute atomic E-state index is 0.852. The maximum Gasteiger partial charge on any atom is 0.0403 e. The van der Waals surface area contributed by atoms with Gasteiger partial charge in [-0.3, -0.25) is 0 Å². The first kappa shape index (κ1) is 13.4. The van der Waals surface area contributed by atoms with Crippen molar-refractivity contribution in [2.24, 2.45) is 0 Å². The Morgan fingerprint density at radius 3 is 2.32 bits per heavy atom. The number of hydrogen-bond acceptors (Lipinski definition) is 1. The van der Waals surface area contributed by atoms with E-state index >= 15 is 0 Å². The summed E-state index contributed by atoms with van der Waals surface area (Å²) >= 11 is 0. The number of allylic oxidation sites excluding steroid dienone is 1. The van der Waals surface area contributed by atoms with E-state index < -0.39 is 0 Å². The molecule has 19 heavy (non-hydrogen) atoms. The summed E-state index contributed by atoms with van der Waals surface area (Å²) in [6.07, 6.45) is 2.18. The molecular formula is C18H21N. The molecule has 0 radical (unpaired) electrons. The highest BCUT2D eigenvalue weighted by molar-refractivity contribution is 5.71. The van der Waals surface area contributed by atoms with E-state index in [2.05, 4.69) is 80.7 Å². The van der Waals surface area contributed by atoms with Crippen molar-refractivity contribution >= 4 is 11.3 Å². The molecule has 0 bridgehead atoms. The minimum Gasteiger partial charge on any atom is -0.381 e. The zero-order valence-corrected chi connectivity index (χ0v) is 11.9. The largest absolute Gasteiger partial charge is 0.381 e. The summed E-state index contributed by atoms with van der Waals surface area (Å²) in [7, 11) is 0. The van der Waals surface area contributed by atoms with E-state index in [4.69, 9.17) is 0 Å². The minimum atomic E-state index is 0.852. The Labute approximate surface area is 116 Å². The molecule has 0 fully saturated rings. The van der Waals surface area contributed by atoms with Crippen LogP contribution in [0.1, 0.15) is 23.6 Å². The van der Waals surface area contributed by atoms with Crippen molar-refractivity contribution in [1.82, 2.24) is 0 Å². The summed E-state index contributed by atoms with van der Waals surface area (Å²) in [5, 5.41) is 3.48. The van der Waals surface area contributed by atoms with E-state index in [0.717, 1.165) is 6.54 Å². The van der Waals surface area contributed by atoms with Crippen LogP contribution in [-0.4, -0.2) is 6.54 Å². The molecular weight excluding hydrogens is 230 g/mol. The number of hydrogen-bond donors (Lipinski definition) is 1. The molecule has 2 aromatic carbocycles. The molecule has 2 aromatic rings. The molecule has 1 heteroatoms. The molecule has 98 valence electrons. The van der Waals surface area contributed by atoms with Crippen molar-refractivity contribution in [3.05, 3.63) is 71.3 Å². The summed E-state index contributed by atoms with van der Waals surface area (Å²) in [5.41, 5.74) is 6.43. The Bertz CT molecular complexity index is 564. The second-order valence-corrected chi connectivity index (χ2v) is 4.85. The molecule has 0 aliphatic rings. The van der Waals surface area contributed by atoms with Gasteiger partial charge in [-0.05, 0) is 49.6 Å². The van der Waals surface area contributed by atoms with Gasteiger partial charge in [0, 0.05) is 12.2 Å². The first-order valence-electron chi connectivity index (χ1n) is 6.72. The van der Waals surface area contributed by atoms with Crippen LogP contribution in [0, 0.1) is 13.8 Å². The van der Waals surface area contributed by atoms with Crippen LogP contribution in [0.3, 0.4) is 0 Å². The van der Waals surface area contributed by atoms with E-state index in [1.54, 1.807) is 0 Å². The first-order chi connectivity index (χ1) is 9.20. The van der Waals surface area contributed by atoms with Gasteiger partial charge in [0.05, 0.1) is 0 Å². The third-order valence-corrected chi connectivity index (χ3v) is 3.37. The fourth-order valence-corrected chi connectivity index (χ4v) is 2.15. The molecule has 2 rings (SSSR count). The van der Waals surface area contributed by atoms with Crippen LogP contribution in [0.2, 0.25) is 0 Å². The van der Waals surface area contributed by atoms with Gasteiger partial charge < -0.3 is 5.32 Å². The maximum absolute atomic E-state index is 3.48. The maximum atomic E-state index is 3.48. The third-order valence-electron chi connectivity index (χ3n) is 3.37. The number of rotatable bonds is 4. The average Bonchev–Trinajstić information content (AvgIpc) is 2.43. The second kappa shape index (κ2) is 6.24. The number of anilines is 1. The van der Waals surface area contributed by atoms with Gasteiger partial charge in [-0.25, -0.2) is 0 Å². The lowest BCUT2D eigenvalue weighted by Gasteiger charge is -2.12. The predicted octanol–water partition coefficient (Wildman–Crippen LogP) is 4.82.